The standard InChI is InChI=1S/C21H22N4O3S/c1-15-22-20(28-23-15)18-9-10-24(19(26)14-17-8-5-13-29-17)11-12-25(18)21(27)16-6-3-2-4-7-16/h2-8,13,18H,9-12,14H2,1H3. The van der Waals surface area contributed by atoms with Crippen molar-refractivity contribution in [3.8, 4) is 0 Å². The van der Waals surface area contributed by atoms with Crippen LogP contribution < -0.4 is 0 Å². The average molecular weight is 410 g/mol. The fraction of sp³-hybridized carbons (Fsp3) is 0.333. The molecule has 0 radical (unpaired) electrons. The van der Waals surface area contributed by atoms with Gasteiger partial charge in [0.1, 0.15) is 6.04 Å². The minimum Gasteiger partial charge on any atom is -0.341 e. The Morgan fingerprint density at radius 3 is 2.66 bits per heavy atom. The van der Waals surface area contributed by atoms with Crippen molar-refractivity contribution in [2.75, 3.05) is 19.6 Å². The highest BCUT2D eigenvalue weighted by molar-refractivity contribution is 7.10. The third kappa shape index (κ3) is 4.37. The Morgan fingerprint density at radius 1 is 1.14 bits per heavy atom. The van der Waals surface area contributed by atoms with Crippen molar-refractivity contribution >= 4 is 23.2 Å². The summed E-state index contributed by atoms with van der Waals surface area (Å²) in [6.45, 7) is 3.18. The molecule has 3 heterocycles. The molecule has 0 spiro atoms. The summed E-state index contributed by atoms with van der Waals surface area (Å²) in [6.07, 6.45) is 0.936. The lowest BCUT2D eigenvalue weighted by Crippen LogP contribution is -2.38. The third-order valence-corrected chi connectivity index (χ3v) is 5.90. The maximum atomic E-state index is 13.2. The average Bonchev–Trinajstić information content (AvgIpc) is 3.34. The number of hydrogen-bond acceptors (Lipinski definition) is 6. The molecule has 7 nitrogen and oxygen atoms in total. The number of nitrogens with zero attached hydrogens (tertiary/aromatic N) is 4. The van der Waals surface area contributed by atoms with Gasteiger partial charge in [-0.25, -0.2) is 0 Å². The Labute approximate surface area is 172 Å². The highest BCUT2D eigenvalue weighted by Gasteiger charge is 2.34. The maximum Gasteiger partial charge on any atom is 0.254 e. The maximum absolute atomic E-state index is 13.2. The van der Waals surface area contributed by atoms with Crippen LogP contribution in [0.4, 0.5) is 0 Å². The number of carbonyl (C=O) groups excluding carboxylic acids is 2. The van der Waals surface area contributed by atoms with Crippen molar-refractivity contribution in [1.29, 1.82) is 0 Å². The van der Waals surface area contributed by atoms with Crippen LogP contribution in [0.25, 0.3) is 0 Å². The number of thiophene rings is 1. The lowest BCUT2D eigenvalue weighted by Gasteiger charge is -2.27. The Morgan fingerprint density at radius 2 is 1.97 bits per heavy atom. The first-order chi connectivity index (χ1) is 14.1. The molecule has 8 heteroatoms. The van der Waals surface area contributed by atoms with E-state index < -0.39 is 0 Å². The Bertz CT molecular complexity index is 971. The van der Waals surface area contributed by atoms with Crippen LogP contribution in [0.1, 0.15) is 39.4 Å². The molecule has 29 heavy (non-hydrogen) atoms. The zero-order valence-electron chi connectivity index (χ0n) is 16.2. The van der Waals surface area contributed by atoms with Gasteiger partial charge in [0.05, 0.1) is 6.42 Å². The molecule has 1 fully saturated rings. The van der Waals surface area contributed by atoms with Gasteiger partial charge in [0.15, 0.2) is 5.82 Å². The van der Waals surface area contributed by atoms with Gasteiger partial charge in [0.25, 0.3) is 5.91 Å². The second-order valence-corrected chi connectivity index (χ2v) is 8.02. The summed E-state index contributed by atoms with van der Waals surface area (Å²) in [5.74, 6) is 0.919. The fourth-order valence-electron chi connectivity index (χ4n) is 3.55. The lowest BCUT2D eigenvalue weighted by atomic mass is 10.1. The number of hydrogen-bond donors (Lipinski definition) is 0. The molecule has 1 aliphatic heterocycles. The third-order valence-electron chi connectivity index (χ3n) is 5.03. The molecule has 1 aromatic carbocycles. The van der Waals surface area contributed by atoms with E-state index in [0.717, 1.165) is 4.88 Å². The molecule has 1 saturated heterocycles. The van der Waals surface area contributed by atoms with Crippen molar-refractivity contribution < 1.29 is 14.1 Å². The zero-order chi connectivity index (χ0) is 20.2. The molecule has 1 atom stereocenters. The summed E-state index contributed by atoms with van der Waals surface area (Å²) < 4.78 is 5.40. The van der Waals surface area contributed by atoms with Crippen LogP contribution in [0.3, 0.4) is 0 Å². The van der Waals surface area contributed by atoms with Gasteiger partial charge in [-0.15, -0.1) is 11.3 Å². The van der Waals surface area contributed by atoms with E-state index >= 15 is 0 Å². The van der Waals surface area contributed by atoms with E-state index in [-0.39, 0.29) is 17.9 Å². The molecule has 2 aromatic heterocycles. The van der Waals surface area contributed by atoms with Crippen LogP contribution in [-0.4, -0.2) is 51.4 Å². The molecule has 2 amide bonds. The molecule has 0 saturated carbocycles. The van der Waals surface area contributed by atoms with Crippen LogP contribution in [-0.2, 0) is 11.2 Å². The molecular weight excluding hydrogens is 388 g/mol. The van der Waals surface area contributed by atoms with Crippen LogP contribution in [0, 0.1) is 6.92 Å². The molecule has 0 N–H and O–H groups in total. The number of carbonyl (C=O) groups is 2. The van der Waals surface area contributed by atoms with E-state index in [4.69, 9.17) is 4.52 Å². The van der Waals surface area contributed by atoms with E-state index in [0.29, 0.717) is 49.8 Å². The summed E-state index contributed by atoms with van der Waals surface area (Å²) in [5.41, 5.74) is 0.604. The van der Waals surface area contributed by atoms with Gasteiger partial charge in [-0.2, -0.15) is 4.98 Å². The quantitative estimate of drug-likeness (QED) is 0.660. The first kappa shape index (κ1) is 19.3. The summed E-state index contributed by atoms with van der Waals surface area (Å²) in [5, 5.41) is 5.86. The van der Waals surface area contributed by atoms with Crippen LogP contribution in [0.15, 0.2) is 52.4 Å². The predicted octanol–water partition coefficient (Wildman–Crippen LogP) is 3.10. The lowest BCUT2D eigenvalue weighted by molar-refractivity contribution is -0.130. The minimum atomic E-state index is -0.358. The topological polar surface area (TPSA) is 79.5 Å². The van der Waals surface area contributed by atoms with Crippen molar-refractivity contribution in [3.05, 3.63) is 70.0 Å². The first-order valence-corrected chi connectivity index (χ1v) is 10.5. The Balaban J connectivity index is 1.56. The van der Waals surface area contributed by atoms with Crippen LogP contribution in [0.2, 0.25) is 0 Å². The second kappa shape index (κ2) is 8.57. The van der Waals surface area contributed by atoms with E-state index in [2.05, 4.69) is 10.1 Å². The molecule has 150 valence electrons. The summed E-state index contributed by atoms with van der Waals surface area (Å²) in [6, 6.07) is 12.7. The number of amides is 2. The van der Waals surface area contributed by atoms with Crippen molar-refractivity contribution in [1.82, 2.24) is 19.9 Å². The molecule has 1 unspecified atom stereocenters. The van der Waals surface area contributed by atoms with Crippen molar-refractivity contribution in [2.24, 2.45) is 0 Å². The number of benzene rings is 1. The Hall–Kier alpha value is -3.00. The van der Waals surface area contributed by atoms with Gasteiger partial charge in [0, 0.05) is 30.1 Å². The van der Waals surface area contributed by atoms with Crippen molar-refractivity contribution in [3.63, 3.8) is 0 Å². The molecule has 1 aliphatic rings. The SMILES string of the molecule is Cc1noc(C2CCN(C(=O)Cc3cccs3)CCN2C(=O)c2ccccc2)n1. The highest BCUT2D eigenvalue weighted by atomic mass is 32.1. The predicted molar refractivity (Wildman–Crippen MR) is 108 cm³/mol. The van der Waals surface area contributed by atoms with Gasteiger partial charge >= 0.3 is 0 Å². The summed E-state index contributed by atoms with van der Waals surface area (Å²) in [7, 11) is 0. The second-order valence-electron chi connectivity index (χ2n) is 6.99. The highest BCUT2D eigenvalue weighted by Crippen LogP contribution is 2.28. The largest absolute Gasteiger partial charge is 0.341 e. The monoisotopic (exact) mass is 410 g/mol. The van der Waals surface area contributed by atoms with E-state index in [1.165, 1.54) is 0 Å². The van der Waals surface area contributed by atoms with Gasteiger partial charge < -0.3 is 14.3 Å². The molecule has 0 aliphatic carbocycles. The van der Waals surface area contributed by atoms with Gasteiger partial charge in [-0.1, -0.05) is 29.4 Å². The molecule has 3 aromatic rings. The van der Waals surface area contributed by atoms with Gasteiger partial charge in [0.2, 0.25) is 11.8 Å². The molecule has 0 bridgehead atoms. The number of aryl methyl sites for hydroxylation is 1. The molecule has 4 rings (SSSR count). The van der Waals surface area contributed by atoms with Crippen molar-refractivity contribution in [2.45, 2.75) is 25.8 Å². The first-order valence-electron chi connectivity index (χ1n) is 9.58. The van der Waals surface area contributed by atoms with Gasteiger partial charge in [-0.05, 0) is 36.9 Å². The van der Waals surface area contributed by atoms with E-state index in [9.17, 15) is 9.59 Å². The zero-order valence-corrected chi connectivity index (χ0v) is 17.0. The Kier molecular flexibility index (Phi) is 5.71. The summed E-state index contributed by atoms with van der Waals surface area (Å²) >= 11 is 1.58. The summed E-state index contributed by atoms with van der Waals surface area (Å²) in [4.78, 5) is 35.0. The minimum absolute atomic E-state index is 0.0712. The van der Waals surface area contributed by atoms with Crippen LogP contribution in [0.5, 0.6) is 0 Å². The number of aromatic nitrogens is 2. The normalized spacial score (nSPS) is 17.2. The fourth-order valence-corrected chi connectivity index (χ4v) is 4.24. The van der Waals surface area contributed by atoms with E-state index in [1.807, 2.05) is 40.6 Å². The van der Waals surface area contributed by atoms with Gasteiger partial charge in [-0.3, -0.25) is 9.59 Å². The van der Waals surface area contributed by atoms with Crippen LogP contribution >= 0.6 is 11.3 Å². The smallest absolute Gasteiger partial charge is 0.254 e. The number of rotatable bonds is 4. The molecular formula is C21H22N4O3S. The van der Waals surface area contributed by atoms with E-state index in [1.54, 1.807) is 35.3 Å².